The first-order valence-electron chi connectivity index (χ1n) is 6.64. The lowest BCUT2D eigenvalue weighted by Gasteiger charge is -2.21. The Hall–Kier alpha value is -1.39. The fourth-order valence-corrected chi connectivity index (χ4v) is 2.63. The van der Waals surface area contributed by atoms with Crippen LogP contribution in [0.1, 0.15) is 30.7 Å². The van der Waals surface area contributed by atoms with E-state index in [4.69, 9.17) is 10.5 Å². The second kappa shape index (κ2) is 5.08. The van der Waals surface area contributed by atoms with E-state index in [0.717, 1.165) is 36.4 Å². The van der Waals surface area contributed by atoms with Gasteiger partial charge >= 0.3 is 0 Å². The molecule has 1 unspecified atom stereocenters. The zero-order valence-corrected chi connectivity index (χ0v) is 10.5. The second-order valence-electron chi connectivity index (χ2n) is 4.86. The Morgan fingerprint density at radius 3 is 3.17 bits per heavy atom. The maximum Gasteiger partial charge on any atom is 0.115 e. The van der Waals surface area contributed by atoms with E-state index in [0.29, 0.717) is 12.6 Å². The molecule has 1 fully saturated rings. The SMILES string of the molecule is NCc1cccn2c(CC3CCCCO3)ncc12. The molecule has 18 heavy (non-hydrogen) atoms. The summed E-state index contributed by atoms with van der Waals surface area (Å²) in [6.45, 7) is 1.44. The monoisotopic (exact) mass is 245 g/mol. The normalized spacial score (nSPS) is 20.4. The van der Waals surface area contributed by atoms with Crippen molar-refractivity contribution in [3.8, 4) is 0 Å². The lowest BCUT2D eigenvalue weighted by molar-refractivity contribution is 0.0156. The van der Waals surface area contributed by atoms with Gasteiger partial charge in [-0.25, -0.2) is 4.98 Å². The van der Waals surface area contributed by atoms with Gasteiger partial charge in [0.1, 0.15) is 5.82 Å². The van der Waals surface area contributed by atoms with Crippen molar-refractivity contribution in [3.05, 3.63) is 35.9 Å². The van der Waals surface area contributed by atoms with Gasteiger partial charge in [-0.2, -0.15) is 0 Å². The van der Waals surface area contributed by atoms with Gasteiger partial charge in [-0.15, -0.1) is 0 Å². The molecule has 1 aliphatic heterocycles. The van der Waals surface area contributed by atoms with Crippen LogP contribution >= 0.6 is 0 Å². The third-order valence-corrected chi connectivity index (χ3v) is 3.64. The zero-order chi connectivity index (χ0) is 12.4. The molecule has 0 aromatic carbocycles. The van der Waals surface area contributed by atoms with Crippen LogP contribution in [0.3, 0.4) is 0 Å². The molecule has 0 saturated carbocycles. The number of nitrogens with zero attached hydrogens (tertiary/aromatic N) is 2. The molecule has 3 heterocycles. The molecule has 4 nitrogen and oxygen atoms in total. The Morgan fingerprint density at radius 1 is 1.44 bits per heavy atom. The third kappa shape index (κ3) is 2.13. The van der Waals surface area contributed by atoms with E-state index in [-0.39, 0.29) is 0 Å². The minimum atomic E-state index is 0.325. The van der Waals surface area contributed by atoms with Gasteiger partial charge in [0.2, 0.25) is 0 Å². The van der Waals surface area contributed by atoms with E-state index < -0.39 is 0 Å². The summed E-state index contributed by atoms with van der Waals surface area (Å²) in [5.74, 6) is 1.08. The van der Waals surface area contributed by atoms with Gasteiger partial charge in [-0.05, 0) is 30.9 Å². The van der Waals surface area contributed by atoms with Crippen LogP contribution in [0, 0.1) is 0 Å². The molecule has 96 valence electrons. The summed E-state index contributed by atoms with van der Waals surface area (Å²) in [6.07, 6.45) is 8.79. The number of nitrogens with two attached hydrogens (primary N) is 1. The summed E-state index contributed by atoms with van der Waals surface area (Å²) >= 11 is 0. The zero-order valence-electron chi connectivity index (χ0n) is 10.5. The Morgan fingerprint density at radius 2 is 2.39 bits per heavy atom. The molecule has 2 aromatic rings. The van der Waals surface area contributed by atoms with Crippen LogP contribution in [0.15, 0.2) is 24.5 Å². The molecule has 0 amide bonds. The summed E-state index contributed by atoms with van der Waals surface area (Å²) in [6, 6.07) is 4.08. The van der Waals surface area contributed by atoms with Gasteiger partial charge in [0.05, 0.1) is 17.8 Å². The number of aromatic nitrogens is 2. The molecule has 0 spiro atoms. The quantitative estimate of drug-likeness (QED) is 0.898. The Balaban J connectivity index is 1.88. The fraction of sp³-hybridized carbons (Fsp3) is 0.500. The van der Waals surface area contributed by atoms with Crippen LogP contribution < -0.4 is 5.73 Å². The molecule has 2 aromatic heterocycles. The van der Waals surface area contributed by atoms with Crippen molar-refractivity contribution in [2.75, 3.05) is 6.61 Å². The molecule has 2 N–H and O–H groups in total. The van der Waals surface area contributed by atoms with E-state index in [1.165, 1.54) is 12.8 Å². The van der Waals surface area contributed by atoms with E-state index in [1.54, 1.807) is 0 Å². The predicted octanol–water partition coefficient (Wildman–Crippen LogP) is 1.90. The van der Waals surface area contributed by atoms with Crippen molar-refractivity contribution >= 4 is 5.52 Å². The van der Waals surface area contributed by atoms with Crippen LogP contribution in [0.25, 0.3) is 5.52 Å². The van der Waals surface area contributed by atoms with E-state index in [1.807, 2.05) is 12.3 Å². The van der Waals surface area contributed by atoms with E-state index in [9.17, 15) is 0 Å². The smallest absolute Gasteiger partial charge is 0.115 e. The minimum absolute atomic E-state index is 0.325. The van der Waals surface area contributed by atoms with Crippen LogP contribution in [-0.2, 0) is 17.7 Å². The maximum atomic E-state index is 5.78. The summed E-state index contributed by atoms with van der Waals surface area (Å²) in [7, 11) is 0. The first kappa shape index (κ1) is 11.7. The molecule has 0 aliphatic carbocycles. The van der Waals surface area contributed by atoms with Crippen molar-refractivity contribution in [2.45, 2.75) is 38.3 Å². The van der Waals surface area contributed by atoms with Gasteiger partial charge < -0.3 is 14.9 Å². The number of imidazole rings is 1. The van der Waals surface area contributed by atoms with Crippen LogP contribution in [0.5, 0.6) is 0 Å². The van der Waals surface area contributed by atoms with Gasteiger partial charge in [-0.3, -0.25) is 0 Å². The highest BCUT2D eigenvalue weighted by Gasteiger charge is 2.17. The fourth-order valence-electron chi connectivity index (χ4n) is 2.63. The van der Waals surface area contributed by atoms with Crippen LogP contribution in [-0.4, -0.2) is 22.1 Å². The van der Waals surface area contributed by atoms with Crippen LogP contribution in [0.2, 0.25) is 0 Å². The van der Waals surface area contributed by atoms with Crippen molar-refractivity contribution in [2.24, 2.45) is 5.73 Å². The highest BCUT2D eigenvalue weighted by Crippen LogP contribution is 2.19. The van der Waals surface area contributed by atoms with E-state index in [2.05, 4.69) is 21.6 Å². The summed E-state index contributed by atoms with van der Waals surface area (Å²) < 4.78 is 7.92. The first-order chi connectivity index (χ1) is 8.88. The molecule has 0 radical (unpaired) electrons. The predicted molar refractivity (Wildman–Crippen MR) is 70.4 cm³/mol. The molecule has 3 rings (SSSR count). The number of hydrogen-bond donors (Lipinski definition) is 1. The van der Waals surface area contributed by atoms with Crippen molar-refractivity contribution < 1.29 is 4.74 Å². The topological polar surface area (TPSA) is 52.5 Å². The Bertz CT molecular complexity index is 529. The molecule has 1 saturated heterocycles. The summed E-state index contributed by atoms with van der Waals surface area (Å²) in [4.78, 5) is 4.53. The lowest BCUT2D eigenvalue weighted by Crippen LogP contribution is -2.22. The highest BCUT2D eigenvalue weighted by molar-refractivity contribution is 5.54. The van der Waals surface area contributed by atoms with Gasteiger partial charge in [0.25, 0.3) is 0 Å². The number of ether oxygens (including phenoxy) is 1. The second-order valence-corrected chi connectivity index (χ2v) is 4.86. The van der Waals surface area contributed by atoms with Gasteiger partial charge in [-0.1, -0.05) is 6.07 Å². The highest BCUT2D eigenvalue weighted by atomic mass is 16.5. The number of fused-ring (bicyclic) bond motifs is 1. The molecule has 1 aliphatic rings. The third-order valence-electron chi connectivity index (χ3n) is 3.64. The first-order valence-corrected chi connectivity index (χ1v) is 6.64. The van der Waals surface area contributed by atoms with Gasteiger partial charge in [0.15, 0.2) is 0 Å². The molecular weight excluding hydrogens is 226 g/mol. The standard InChI is InChI=1S/C14H19N3O/c15-9-11-4-3-6-17-13(11)10-16-14(17)8-12-5-1-2-7-18-12/h3-4,6,10,12H,1-2,5,7-9,15H2. The number of hydrogen-bond acceptors (Lipinski definition) is 3. The minimum Gasteiger partial charge on any atom is -0.378 e. The van der Waals surface area contributed by atoms with Crippen molar-refractivity contribution in [1.29, 1.82) is 0 Å². The van der Waals surface area contributed by atoms with Crippen molar-refractivity contribution in [1.82, 2.24) is 9.38 Å². The lowest BCUT2D eigenvalue weighted by atomic mass is 10.1. The maximum absolute atomic E-state index is 5.78. The van der Waals surface area contributed by atoms with Crippen molar-refractivity contribution in [3.63, 3.8) is 0 Å². The number of pyridine rings is 1. The summed E-state index contributed by atoms with van der Waals surface area (Å²) in [5.41, 5.74) is 8.00. The van der Waals surface area contributed by atoms with E-state index >= 15 is 0 Å². The Labute approximate surface area is 107 Å². The van der Waals surface area contributed by atoms with Crippen LogP contribution in [0.4, 0.5) is 0 Å². The summed E-state index contributed by atoms with van der Waals surface area (Å²) in [5, 5.41) is 0. The number of rotatable bonds is 3. The Kier molecular flexibility index (Phi) is 3.30. The average Bonchev–Trinajstić information content (AvgIpc) is 2.83. The average molecular weight is 245 g/mol. The molecule has 0 bridgehead atoms. The largest absolute Gasteiger partial charge is 0.378 e. The van der Waals surface area contributed by atoms with Gasteiger partial charge in [0, 0.05) is 25.8 Å². The molecule has 1 atom stereocenters. The molecule has 4 heteroatoms. The molecular formula is C14H19N3O.